The molecule has 2 saturated heterocycles. The van der Waals surface area contributed by atoms with Crippen molar-refractivity contribution < 1.29 is 14.0 Å². The van der Waals surface area contributed by atoms with Crippen LogP contribution in [-0.4, -0.2) is 66.3 Å². The number of carbonyl (C=O) groups excluding carboxylic acids is 2. The number of ketones is 1. The molecule has 3 rings (SSSR count). The van der Waals surface area contributed by atoms with Crippen molar-refractivity contribution in [3.05, 3.63) is 35.6 Å². The topological polar surface area (TPSA) is 52.7 Å². The van der Waals surface area contributed by atoms with Gasteiger partial charge in [-0.1, -0.05) is 32.9 Å². The molecule has 33 heavy (non-hydrogen) atoms. The Morgan fingerprint density at radius 3 is 2.52 bits per heavy atom. The SMILES string of the molecule is CCCNC(=O)CN(CCC)CCCN1C2CC[C@@H]1C[C@H](c1ccc(F)cc1)C2C(=O)CC. The number of halogens is 1. The lowest BCUT2D eigenvalue weighted by atomic mass is 9.73. The van der Waals surface area contributed by atoms with Crippen molar-refractivity contribution in [3.63, 3.8) is 0 Å². The molecule has 5 nitrogen and oxygen atoms in total. The average molecular weight is 460 g/mol. The van der Waals surface area contributed by atoms with E-state index in [1.807, 2.05) is 19.1 Å². The Kier molecular flexibility index (Phi) is 9.87. The second kappa shape index (κ2) is 12.6. The second-order valence-electron chi connectivity index (χ2n) is 9.76. The van der Waals surface area contributed by atoms with Gasteiger partial charge in [-0.3, -0.25) is 19.4 Å². The van der Waals surface area contributed by atoms with E-state index in [0.717, 1.165) is 70.3 Å². The van der Waals surface area contributed by atoms with Gasteiger partial charge in [-0.15, -0.1) is 0 Å². The molecule has 2 bridgehead atoms. The van der Waals surface area contributed by atoms with Crippen molar-refractivity contribution in [3.8, 4) is 0 Å². The predicted octanol–water partition coefficient (Wildman–Crippen LogP) is 4.37. The monoisotopic (exact) mass is 459 g/mol. The molecule has 4 atom stereocenters. The highest BCUT2D eigenvalue weighted by Gasteiger charge is 2.49. The molecule has 1 amide bonds. The first-order chi connectivity index (χ1) is 16.0. The number of hydrogen-bond donors (Lipinski definition) is 1. The molecule has 184 valence electrons. The highest BCUT2D eigenvalue weighted by atomic mass is 19.1. The van der Waals surface area contributed by atoms with E-state index in [4.69, 9.17) is 0 Å². The Hall–Kier alpha value is -1.79. The van der Waals surface area contributed by atoms with E-state index in [1.54, 1.807) is 0 Å². The largest absolute Gasteiger partial charge is 0.355 e. The zero-order chi connectivity index (χ0) is 23.8. The van der Waals surface area contributed by atoms with Gasteiger partial charge in [-0.2, -0.15) is 0 Å². The lowest BCUT2D eigenvalue weighted by molar-refractivity contribution is -0.127. The highest BCUT2D eigenvalue weighted by Crippen LogP contribution is 2.47. The summed E-state index contributed by atoms with van der Waals surface area (Å²) in [6, 6.07) is 7.55. The van der Waals surface area contributed by atoms with Gasteiger partial charge in [0.15, 0.2) is 0 Å². The van der Waals surface area contributed by atoms with Crippen LogP contribution in [0.2, 0.25) is 0 Å². The van der Waals surface area contributed by atoms with Gasteiger partial charge >= 0.3 is 0 Å². The lowest BCUT2D eigenvalue weighted by Gasteiger charge is -2.44. The summed E-state index contributed by atoms with van der Waals surface area (Å²) < 4.78 is 13.5. The molecule has 1 aromatic carbocycles. The third-order valence-electron chi connectivity index (χ3n) is 7.45. The van der Waals surface area contributed by atoms with Gasteiger partial charge in [0.2, 0.25) is 5.91 Å². The Morgan fingerprint density at radius 1 is 1.09 bits per heavy atom. The van der Waals surface area contributed by atoms with Crippen molar-refractivity contribution in [2.75, 3.05) is 32.7 Å². The number of fused-ring (bicyclic) bond motifs is 2. The van der Waals surface area contributed by atoms with Crippen LogP contribution in [-0.2, 0) is 9.59 Å². The number of nitrogens with zero attached hydrogens (tertiary/aromatic N) is 2. The minimum atomic E-state index is -0.225. The molecule has 0 aromatic heterocycles. The van der Waals surface area contributed by atoms with E-state index in [-0.39, 0.29) is 29.6 Å². The summed E-state index contributed by atoms with van der Waals surface area (Å²) in [5, 5.41) is 2.98. The average Bonchev–Trinajstić information content (AvgIpc) is 3.08. The summed E-state index contributed by atoms with van der Waals surface area (Å²) >= 11 is 0. The van der Waals surface area contributed by atoms with Crippen molar-refractivity contribution in [2.45, 2.75) is 83.7 Å². The predicted molar refractivity (Wildman–Crippen MR) is 131 cm³/mol. The zero-order valence-electron chi connectivity index (χ0n) is 20.7. The summed E-state index contributed by atoms with van der Waals surface area (Å²) in [5.41, 5.74) is 1.10. The summed E-state index contributed by atoms with van der Waals surface area (Å²) in [7, 11) is 0. The maximum absolute atomic E-state index is 13.5. The smallest absolute Gasteiger partial charge is 0.234 e. The van der Waals surface area contributed by atoms with Crippen molar-refractivity contribution in [2.24, 2.45) is 5.92 Å². The number of benzene rings is 1. The second-order valence-corrected chi connectivity index (χ2v) is 9.76. The molecule has 0 spiro atoms. The van der Waals surface area contributed by atoms with Crippen LogP contribution < -0.4 is 5.32 Å². The zero-order valence-corrected chi connectivity index (χ0v) is 20.7. The normalized spacial score (nSPS) is 24.9. The fraction of sp³-hybridized carbons (Fsp3) is 0.704. The van der Waals surface area contributed by atoms with Gasteiger partial charge < -0.3 is 5.32 Å². The third kappa shape index (κ3) is 6.63. The van der Waals surface area contributed by atoms with E-state index in [1.165, 1.54) is 12.1 Å². The lowest BCUT2D eigenvalue weighted by Crippen LogP contribution is -2.51. The first-order valence-electron chi connectivity index (χ1n) is 13.0. The molecule has 6 heteroatoms. The van der Waals surface area contributed by atoms with Crippen molar-refractivity contribution in [1.29, 1.82) is 0 Å². The van der Waals surface area contributed by atoms with Crippen LogP contribution in [0.5, 0.6) is 0 Å². The molecule has 2 heterocycles. The minimum Gasteiger partial charge on any atom is -0.355 e. The summed E-state index contributed by atoms with van der Waals surface area (Å²) in [6.45, 7) is 10.2. The third-order valence-corrected chi connectivity index (χ3v) is 7.45. The van der Waals surface area contributed by atoms with Crippen LogP contribution in [0, 0.1) is 11.7 Å². The molecule has 2 aliphatic heterocycles. The molecular weight excluding hydrogens is 417 g/mol. The minimum absolute atomic E-state index is 0.00854. The van der Waals surface area contributed by atoms with E-state index in [2.05, 4.69) is 29.0 Å². The maximum Gasteiger partial charge on any atom is 0.234 e. The van der Waals surface area contributed by atoms with E-state index >= 15 is 0 Å². The molecule has 2 unspecified atom stereocenters. The fourth-order valence-corrected chi connectivity index (χ4v) is 5.98. The number of rotatable bonds is 13. The van der Waals surface area contributed by atoms with Gasteiger partial charge in [-0.05, 0) is 81.8 Å². The van der Waals surface area contributed by atoms with Crippen LogP contribution >= 0.6 is 0 Å². The van der Waals surface area contributed by atoms with Gasteiger partial charge in [0.25, 0.3) is 0 Å². The van der Waals surface area contributed by atoms with Gasteiger partial charge in [-0.25, -0.2) is 4.39 Å². The standard InChI is InChI=1S/C27H42FN3O2/c1-4-14-29-26(33)19-30(15-5-2)16-7-17-31-22-12-13-24(31)27(25(32)6-3)23(18-22)20-8-10-21(28)11-9-20/h8-11,22-24,27H,4-7,12-19H2,1-3H3,(H,29,33)/t22-,23-,24?,27?/m1/s1. The number of carbonyl (C=O) groups is 2. The van der Waals surface area contributed by atoms with E-state index in [0.29, 0.717) is 24.8 Å². The van der Waals surface area contributed by atoms with Crippen molar-refractivity contribution in [1.82, 2.24) is 15.1 Å². The van der Waals surface area contributed by atoms with Crippen LogP contribution in [0.3, 0.4) is 0 Å². The maximum atomic E-state index is 13.5. The fourth-order valence-electron chi connectivity index (χ4n) is 5.98. The molecule has 1 aromatic rings. The molecule has 0 aliphatic carbocycles. The quantitative estimate of drug-likeness (QED) is 0.476. The number of Topliss-reactive ketones (excluding diaryl/α,β-unsaturated/α-hetero) is 1. The Morgan fingerprint density at radius 2 is 1.85 bits per heavy atom. The van der Waals surface area contributed by atoms with Gasteiger partial charge in [0.1, 0.15) is 11.6 Å². The summed E-state index contributed by atoms with van der Waals surface area (Å²) in [6.07, 6.45) is 6.70. The van der Waals surface area contributed by atoms with Crippen LogP contribution in [0.4, 0.5) is 4.39 Å². The van der Waals surface area contributed by atoms with Crippen molar-refractivity contribution >= 4 is 11.7 Å². The number of piperidine rings is 1. The van der Waals surface area contributed by atoms with Gasteiger partial charge in [0.05, 0.1) is 6.54 Å². The summed E-state index contributed by atoms with van der Waals surface area (Å²) in [4.78, 5) is 30.1. The molecule has 0 radical (unpaired) electrons. The molecule has 1 N–H and O–H groups in total. The van der Waals surface area contributed by atoms with E-state index in [9.17, 15) is 14.0 Å². The Bertz CT molecular complexity index is 769. The van der Waals surface area contributed by atoms with Crippen LogP contribution in [0.1, 0.15) is 77.2 Å². The number of amides is 1. The number of hydrogen-bond acceptors (Lipinski definition) is 4. The van der Waals surface area contributed by atoms with Crippen LogP contribution in [0.25, 0.3) is 0 Å². The molecular formula is C27H42FN3O2. The summed E-state index contributed by atoms with van der Waals surface area (Å²) in [5.74, 6) is 0.396. The highest BCUT2D eigenvalue weighted by molar-refractivity contribution is 5.82. The first kappa shape index (κ1) is 25.8. The molecule has 2 aliphatic rings. The first-order valence-corrected chi connectivity index (χ1v) is 13.0. The molecule has 2 fully saturated rings. The van der Waals surface area contributed by atoms with Gasteiger partial charge in [0, 0.05) is 31.0 Å². The Labute approximate surface area is 199 Å². The Balaban J connectivity index is 1.63. The number of nitrogens with one attached hydrogen (secondary N) is 1. The molecule has 0 saturated carbocycles. The van der Waals surface area contributed by atoms with Crippen LogP contribution in [0.15, 0.2) is 24.3 Å². The van der Waals surface area contributed by atoms with E-state index < -0.39 is 0 Å².